The number of pyridine rings is 1. The molecule has 7 heteroatoms. The van der Waals surface area contributed by atoms with Gasteiger partial charge in [0, 0.05) is 28.9 Å². The highest BCUT2D eigenvalue weighted by Crippen LogP contribution is 2.34. The summed E-state index contributed by atoms with van der Waals surface area (Å²) >= 11 is 0. The summed E-state index contributed by atoms with van der Waals surface area (Å²) in [6, 6.07) is 27.8. The summed E-state index contributed by atoms with van der Waals surface area (Å²) in [6.45, 7) is 7.29. The first-order chi connectivity index (χ1) is 20.9. The minimum absolute atomic E-state index is 0.0618. The summed E-state index contributed by atoms with van der Waals surface area (Å²) in [6.07, 6.45) is 6.86. The molecule has 0 saturated heterocycles. The molecule has 0 aliphatic rings. The van der Waals surface area contributed by atoms with Crippen molar-refractivity contribution in [2.24, 2.45) is 0 Å². The van der Waals surface area contributed by atoms with Crippen LogP contribution in [0.4, 0.5) is 5.69 Å². The zero-order valence-electron chi connectivity index (χ0n) is 25.2. The molecular formula is C36H39N3O3S. The van der Waals surface area contributed by atoms with Crippen LogP contribution in [-0.2, 0) is 34.2 Å². The molecule has 0 atom stereocenters. The molecule has 0 fully saturated rings. The SMILES string of the molecule is CCCCc1cc(C)c2cc(CCCC)n(Cc3ccc(-c4ccccc4N(C=O)S(=O)(=O)c4ccccc4)cc3)c2n1. The van der Waals surface area contributed by atoms with Crippen LogP contribution < -0.4 is 4.31 Å². The lowest BCUT2D eigenvalue weighted by Crippen LogP contribution is -2.30. The molecule has 1 amide bonds. The third kappa shape index (κ3) is 6.42. The van der Waals surface area contributed by atoms with Crippen molar-refractivity contribution in [3.63, 3.8) is 0 Å². The molecule has 0 radical (unpaired) electrons. The number of unbranched alkanes of at least 4 members (excludes halogenated alkanes) is 2. The number of sulfonamides is 1. The Kier molecular flexibility index (Phi) is 9.41. The van der Waals surface area contributed by atoms with Gasteiger partial charge in [0.15, 0.2) is 0 Å². The number of carbonyl (C=O) groups is 1. The Balaban J connectivity index is 1.49. The van der Waals surface area contributed by atoms with Crippen LogP contribution in [0.15, 0.2) is 95.9 Å². The van der Waals surface area contributed by atoms with Gasteiger partial charge in [0.1, 0.15) is 5.65 Å². The predicted molar refractivity (Wildman–Crippen MR) is 175 cm³/mol. The van der Waals surface area contributed by atoms with Crippen LogP contribution in [0.25, 0.3) is 22.2 Å². The number of anilines is 1. The Morgan fingerprint density at radius 2 is 1.51 bits per heavy atom. The van der Waals surface area contributed by atoms with Crippen molar-refractivity contribution in [3.05, 3.63) is 114 Å². The molecule has 2 aromatic heterocycles. The molecule has 0 unspecified atom stereocenters. The summed E-state index contributed by atoms with van der Waals surface area (Å²) in [5.74, 6) is 0. The maximum atomic E-state index is 13.4. The summed E-state index contributed by atoms with van der Waals surface area (Å²) in [7, 11) is -4.07. The highest BCUT2D eigenvalue weighted by Gasteiger charge is 2.26. The van der Waals surface area contributed by atoms with E-state index in [0.717, 1.165) is 65.3 Å². The fourth-order valence-corrected chi connectivity index (χ4v) is 6.82. The molecule has 0 aliphatic carbocycles. The number of carbonyl (C=O) groups excluding carboxylic acids is 1. The summed E-state index contributed by atoms with van der Waals surface area (Å²) < 4.78 is 29.9. The number of amides is 1. The van der Waals surface area contributed by atoms with Crippen molar-refractivity contribution in [3.8, 4) is 11.1 Å². The van der Waals surface area contributed by atoms with Crippen LogP contribution >= 0.6 is 0 Å². The van der Waals surface area contributed by atoms with Crippen LogP contribution in [-0.4, -0.2) is 24.4 Å². The molecule has 3 aromatic carbocycles. The number of fused-ring (bicyclic) bond motifs is 1. The lowest BCUT2D eigenvalue weighted by atomic mass is 10.0. The molecule has 6 nitrogen and oxygen atoms in total. The predicted octanol–water partition coefficient (Wildman–Crippen LogP) is 8.10. The van der Waals surface area contributed by atoms with Gasteiger partial charge < -0.3 is 4.57 Å². The summed E-state index contributed by atoms with van der Waals surface area (Å²) in [5, 5.41) is 1.21. The highest BCUT2D eigenvalue weighted by molar-refractivity contribution is 7.93. The first-order valence-corrected chi connectivity index (χ1v) is 16.5. The first-order valence-electron chi connectivity index (χ1n) is 15.1. The molecule has 0 saturated carbocycles. The number of nitrogens with zero attached hydrogens (tertiary/aromatic N) is 3. The van der Waals surface area contributed by atoms with E-state index >= 15 is 0 Å². The van der Waals surface area contributed by atoms with Crippen molar-refractivity contribution >= 4 is 33.2 Å². The maximum Gasteiger partial charge on any atom is 0.270 e. The molecule has 2 heterocycles. The summed E-state index contributed by atoms with van der Waals surface area (Å²) in [4.78, 5) is 17.4. The fourth-order valence-electron chi connectivity index (χ4n) is 5.56. The van der Waals surface area contributed by atoms with E-state index in [4.69, 9.17) is 4.98 Å². The normalized spacial score (nSPS) is 11.6. The van der Waals surface area contributed by atoms with Crippen molar-refractivity contribution in [1.29, 1.82) is 0 Å². The average molecular weight is 594 g/mol. The Hall–Kier alpha value is -4.23. The molecule has 222 valence electrons. The monoisotopic (exact) mass is 593 g/mol. The van der Waals surface area contributed by atoms with Gasteiger partial charge in [-0.1, -0.05) is 87.4 Å². The molecule has 5 rings (SSSR count). The Bertz CT molecular complexity index is 1810. The van der Waals surface area contributed by atoms with E-state index in [-0.39, 0.29) is 4.90 Å². The van der Waals surface area contributed by atoms with E-state index in [2.05, 4.69) is 49.6 Å². The van der Waals surface area contributed by atoms with Crippen molar-refractivity contribution < 1.29 is 13.2 Å². The van der Waals surface area contributed by atoms with Gasteiger partial charge in [-0.05, 0) is 79.6 Å². The van der Waals surface area contributed by atoms with Crippen molar-refractivity contribution in [1.82, 2.24) is 9.55 Å². The molecule has 43 heavy (non-hydrogen) atoms. The molecule has 0 aliphatic heterocycles. The van der Waals surface area contributed by atoms with Gasteiger partial charge >= 0.3 is 0 Å². The lowest BCUT2D eigenvalue weighted by Gasteiger charge is -2.21. The standard InChI is InChI=1S/C36H39N3O3S/c1-4-6-13-30-23-27(3)34-24-31(14-7-5-2)38(36(34)37-30)25-28-19-21-29(22-20-28)33-17-11-12-18-35(33)39(26-40)43(41,42)32-15-9-8-10-16-32/h8-12,15-24,26H,4-7,13-14,25H2,1-3H3. The molecule has 0 spiro atoms. The third-order valence-corrected chi connectivity index (χ3v) is 9.60. The fraction of sp³-hybridized carbons (Fsp3) is 0.278. The van der Waals surface area contributed by atoms with Crippen LogP contribution in [0.3, 0.4) is 0 Å². The average Bonchev–Trinajstić information content (AvgIpc) is 3.37. The van der Waals surface area contributed by atoms with Crippen molar-refractivity contribution in [2.45, 2.75) is 70.7 Å². The van der Waals surface area contributed by atoms with E-state index in [1.165, 1.54) is 28.8 Å². The summed E-state index contributed by atoms with van der Waals surface area (Å²) in [5.41, 5.74) is 7.67. The third-order valence-electron chi connectivity index (χ3n) is 7.93. The minimum Gasteiger partial charge on any atom is -0.325 e. The van der Waals surface area contributed by atoms with Gasteiger partial charge in [-0.2, -0.15) is 0 Å². The Labute approximate surface area is 255 Å². The quantitative estimate of drug-likeness (QED) is 0.129. The maximum absolute atomic E-state index is 13.4. The second-order valence-corrected chi connectivity index (χ2v) is 12.8. The van der Waals surface area contributed by atoms with Gasteiger partial charge in [-0.25, -0.2) is 17.7 Å². The number of benzene rings is 3. The van der Waals surface area contributed by atoms with Gasteiger partial charge in [0.05, 0.1) is 10.6 Å². The highest BCUT2D eigenvalue weighted by atomic mass is 32.2. The second kappa shape index (κ2) is 13.4. The largest absolute Gasteiger partial charge is 0.325 e. The number of aromatic nitrogens is 2. The van der Waals surface area contributed by atoms with E-state index in [1.54, 1.807) is 30.3 Å². The number of rotatable bonds is 13. The van der Waals surface area contributed by atoms with Crippen LogP contribution in [0.2, 0.25) is 0 Å². The van der Waals surface area contributed by atoms with Crippen LogP contribution in [0.5, 0.6) is 0 Å². The number of aryl methyl sites for hydroxylation is 3. The molecular weight excluding hydrogens is 554 g/mol. The number of para-hydroxylation sites is 1. The van der Waals surface area contributed by atoms with E-state index in [0.29, 0.717) is 24.2 Å². The van der Waals surface area contributed by atoms with Gasteiger partial charge in [0.2, 0.25) is 6.41 Å². The smallest absolute Gasteiger partial charge is 0.270 e. The number of hydrogen-bond acceptors (Lipinski definition) is 4. The van der Waals surface area contributed by atoms with Crippen LogP contribution in [0, 0.1) is 6.92 Å². The van der Waals surface area contributed by atoms with Crippen LogP contribution in [0.1, 0.15) is 62.0 Å². The minimum atomic E-state index is -4.07. The molecule has 5 aromatic rings. The molecule has 0 bridgehead atoms. The van der Waals surface area contributed by atoms with E-state index in [1.807, 2.05) is 24.3 Å². The zero-order chi connectivity index (χ0) is 30.4. The van der Waals surface area contributed by atoms with Gasteiger partial charge in [-0.3, -0.25) is 4.79 Å². The molecule has 0 N–H and O–H groups in total. The van der Waals surface area contributed by atoms with Crippen molar-refractivity contribution in [2.75, 3.05) is 4.31 Å². The van der Waals surface area contributed by atoms with Gasteiger partial charge in [-0.15, -0.1) is 0 Å². The van der Waals surface area contributed by atoms with E-state index < -0.39 is 10.0 Å². The first kappa shape index (κ1) is 30.2. The topological polar surface area (TPSA) is 72.3 Å². The number of hydrogen-bond donors (Lipinski definition) is 0. The zero-order valence-corrected chi connectivity index (χ0v) is 26.0. The lowest BCUT2D eigenvalue weighted by molar-refractivity contribution is -0.106. The Morgan fingerprint density at radius 1 is 0.837 bits per heavy atom. The Morgan fingerprint density at radius 3 is 2.21 bits per heavy atom. The second-order valence-electron chi connectivity index (χ2n) is 11.0. The van der Waals surface area contributed by atoms with E-state index in [9.17, 15) is 13.2 Å². The van der Waals surface area contributed by atoms with Gasteiger partial charge in [0.25, 0.3) is 10.0 Å².